The number of piperidine rings is 2. The summed E-state index contributed by atoms with van der Waals surface area (Å²) in [4.78, 5) is 32.2. The Balaban J connectivity index is 1.45. The molecule has 3 heterocycles. The van der Waals surface area contributed by atoms with Crippen LogP contribution < -0.4 is 5.32 Å². The molecule has 2 saturated heterocycles. The Hall–Kier alpha value is -3.12. The van der Waals surface area contributed by atoms with Crippen molar-refractivity contribution in [2.24, 2.45) is 5.92 Å². The van der Waals surface area contributed by atoms with E-state index in [1.165, 1.54) is 35.1 Å². The Morgan fingerprint density at radius 2 is 1.67 bits per heavy atom. The molecular weight excluding hydrogens is 534 g/mol. The first-order valence-electron chi connectivity index (χ1n) is 16.2. The van der Waals surface area contributed by atoms with Gasteiger partial charge in [0.15, 0.2) is 0 Å². The number of aryl methyl sites for hydroxylation is 2. The van der Waals surface area contributed by atoms with Crippen molar-refractivity contribution in [3.05, 3.63) is 58.7 Å². The largest absolute Gasteiger partial charge is 0.460 e. The van der Waals surface area contributed by atoms with Gasteiger partial charge in [0.2, 0.25) is 5.91 Å². The number of nitrogens with zero attached hydrogens (tertiary/aromatic N) is 1. The summed E-state index contributed by atoms with van der Waals surface area (Å²) >= 11 is 0. The molecule has 1 aromatic heterocycles. The van der Waals surface area contributed by atoms with E-state index in [2.05, 4.69) is 86.2 Å². The fraction of sp³-hybridized carbons (Fsp3) is 0.568. The third kappa shape index (κ3) is 6.85. The molecule has 2 aliphatic heterocycles. The average molecular weight is 586 g/mol. The van der Waals surface area contributed by atoms with Gasteiger partial charge in [0, 0.05) is 36.6 Å². The number of nitrogens with one attached hydrogen (secondary N) is 2. The monoisotopic (exact) mass is 585 g/mol. The molecule has 1 amide bonds. The van der Waals surface area contributed by atoms with Crippen LogP contribution in [0.1, 0.15) is 102 Å². The Morgan fingerprint density at radius 1 is 1.00 bits per heavy atom. The second-order valence-electron chi connectivity index (χ2n) is 14.7. The van der Waals surface area contributed by atoms with Crippen molar-refractivity contribution >= 4 is 22.8 Å². The molecule has 0 spiro atoms. The molecule has 3 aliphatic rings. The van der Waals surface area contributed by atoms with Gasteiger partial charge in [0.1, 0.15) is 5.60 Å². The molecule has 1 aliphatic carbocycles. The van der Waals surface area contributed by atoms with E-state index in [-0.39, 0.29) is 17.8 Å². The van der Waals surface area contributed by atoms with E-state index in [0.717, 1.165) is 48.1 Å². The zero-order valence-electron chi connectivity index (χ0n) is 27.5. The van der Waals surface area contributed by atoms with Gasteiger partial charge < -0.3 is 19.9 Å². The summed E-state index contributed by atoms with van der Waals surface area (Å²) in [6.07, 6.45) is 5.15. The number of H-pyrrole nitrogens is 1. The lowest BCUT2D eigenvalue weighted by molar-refractivity contribution is -0.154. The van der Waals surface area contributed by atoms with E-state index in [9.17, 15) is 9.59 Å². The standard InChI is InChI=1S/C37H51N3O3/c1-23-17-24(2)19-27(18-23)34-33(25(3)21-38-16-15-32(41)43-36(4,5)6)30-20-28(11-14-31(30)39-34)37(7,8)35(42)40-22-26-9-12-29(40)13-10-26/h11,14,17-20,25-26,29,38-39H,9-10,12-13,15-16,21-22H2,1-8H3. The fourth-order valence-electron chi connectivity index (χ4n) is 7.26. The van der Waals surface area contributed by atoms with Gasteiger partial charge in [-0.05, 0) is 127 Å². The molecule has 3 aromatic rings. The van der Waals surface area contributed by atoms with Gasteiger partial charge in [-0.2, -0.15) is 0 Å². The van der Waals surface area contributed by atoms with Crippen LogP contribution in [-0.4, -0.2) is 53.0 Å². The fourth-order valence-corrected chi connectivity index (χ4v) is 7.26. The molecule has 232 valence electrons. The second-order valence-corrected chi connectivity index (χ2v) is 14.7. The lowest BCUT2D eigenvalue weighted by Gasteiger charge is -2.47. The van der Waals surface area contributed by atoms with Crippen molar-refractivity contribution in [3.8, 4) is 11.3 Å². The van der Waals surface area contributed by atoms with Crippen molar-refractivity contribution < 1.29 is 14.3 Å². The zero-order valence-corrected chi connectivity index (χ0v) is 27.5. The first-order valence-corrected chi connectivity index (χ1v) is 16.2. The highest BCUT2D eigenvalue weighted by Crippen LogP contribution is 2.41. The molecule has 6 rings (SSSR count). The van der Waals surface area contributed by atoms with Crippen molar-refractivity contribution in [2.45, 2.75) is 110 Å². The van der Waals surface area contributed by atoms with Crippen LogP contribution in [0.25, 0.3) is 22.2 Å². The number of fused-ring (bicyclic) bond motifs is 4. The van der Waals surface area contributed by atoms with Crippen LogP contribution in [0.15, 0.2) is 36.4 Å². The minimum atomic E-state index is -0.616. The maximum Gasteiger partial charge on any atom is 0.307 e. The number of ether oxygens (including phenoxy) is 1. The van der Waals surface area contributed by atoms with Gasteiger partial charge in [-0.3, -0.25) is 9.59 Å². The van der Waals surface area contributed by atoms with Gasteiger partial charge in [-0.25, -0.2) is 0 Å². The number of benzene rings is 2. The van der Waals surface area contributed by atoms with Crippen LogP contribution in [0.2, 0.25) is 0 Å². The van der Waals surface area contributed by atoms with Crippen LogP contribution in [0.3, 0.4) is 0 Å². The van der Waals surface area contributed by atoms with E-state index in [1.807, 2.05) is 20.8 Å². The topological polar surface area (TPSA) is 74.4 Å². The van der Waals surface area contributed by atoms with Crippen LogP contribution in [0.4, 0.5) is 0 Å². The quantitative estimate of drug-likeness (QED) is 0.201. The minimum Gasteiger partial charge on any atom is -0.460 e. The van der Waals surface area contributed by atoms with Crippen LogP contribution in [-0.2, 0) is 19.7 Å². The summed E-state index contributed by atoms with van der Waals surface area (Å²) in [5, 5.41) is 4.66. The smallest absolute Gasteiger partial charge is 0.307 e. The number of amides is 1. The lowest BCUT2D eigenvalue weighted by Crippen LogP contribution is -2.55. The highest BCUT2D eigenvalue weighted by Gasteiger charge is 2.42. The Labute approximate surface area is 258 Å². The number of aromatic amines is 1. The Bertz CT molecular complexity index is 1470. The number of esters is 1. The first-order chi connectivity index (χ1) is 20.2. The molecule has 3 fully saturated rings. The van der Waals surface area contributed by atoms with Crippen LogP contribution in [0, 0.1) is 19.8 Å². The normalized spacial score (nSPS) is 19.6. The van der Waals surface area contributed by atoms with Gasteiger partial charge in [0.25, 0.3) is 0 Å². The number of carbonyl (C=O) groups is 2. The number of hydrogen-bond donors (Lipinski definition) is 2. The van der Waals surface area contributed by atoms with Crippen molar-refractivity contribution in [1.29, 1.82) is 0 Å². The minimum absolute atomic E-state index is 0.162. The molecule has 43 heavy (non-hydrogen) atoms. The second kappa shape index (κ2) is 12.1. The maximum atomic E-state index is 14.1. The van der Waals surface area contributed by atoms with Gasteiger partial charge in [-0.15, -0.1) is 0 Å². The Kier molecular flexibility index (Phi) is 8.82. The maximum absolute atomic E-state index is 14.1. The molecule has 2 bridgehead atoms. The van der Waals surface area contributed by atoms with E-state index in [4.69, 9.17) is 4.74 Å². The summed E-state index contributed by atoms with van der Waals surface area (Å²) in [7, 11) is 0. The van der Waals surface area contributed by atoms with Crippen molar-refractivity contribution in [2.75, 3.05) is 19.6 Å². The number of hydrogen-bond acceptors (Lipinski definition) is 4. The summed E-state index contributed by atoms with van der Waals surface area (Å²) in [5.74, 6) is 0.890. The van der Waals surface area contributed by atoms with Gasteiger partial charge >= 0.3 is 5.97 Å². The van der Waals surface area contributed by atoms with E-state index in [0.29, 0.717) is 24.9 Å². The predicted octanol–water partition coefficient (Wildman–Crippen LogP) is 7.56. The van der Waals surface area contributed by atoms with E-state index >= 15 is 0 Å². The van der Waals surface area contributed by atoms with Gasteiger partial charge in [0.05, 0.1) is 17.5 Å². The predicted molar refractivity (Wildman–Crippen MR) is 175 cm³/mol. The molecule has 6 heteroatoms. The van der Waals surface area contributed by atoms with Crippen molar-refractivity contribution in [3.63, 3.8) is 0 Å². The molecule has 2 aromatic carbocycles. The van der Waals surface area contributed by atoms with E-state index in [1.54, 1.807) is 0 Å². The molecule has 1 atom stereocenters. The van der Waals surface area contributed by atoms with Crippen LogP contribution >= 0.6 is 0 Å². The number of aromatic nitrogens is 1. The molecule has 1 saturated carbocycles. The lowest BCUT2D eigenvalue weighted by atomic mass is 9.76. The number of carbonyl (C=O) groups excluding carboxylic acids is 2. The molecule has 6 nitrogen and oxygen atoms in total. The zero-order chi connectivity index (χ0) is 31.1. The number of rotatable bonds is 9. The third-order valence-corrected chi connectivity index (χ3v) is 9.45. The summed E-state index contributed by atoms with van der Waals surface area (Å²) in [6, 6.07) is 13.6. The van der Waals surface area contributed by atoms with Gasteiger partial charge in [-0.1, -0.05) is 30.2 Å². The molecule has 0 radical (unpaired) electrons. The van der Waals surface area contributed by atoms with E-state index < -0.39 is 11.0 Å². The highest BCUT2D eigenvalue weighted by molar-refractivity contribution is 5.94. The first kappa shape index (κ1) is 31.3. The highest BCUT2D eigenvalue weighted by atomic mass is 16.6. The van der Waals surface area contributed by atoms with Crippen LogP contribution in [0.5, 0.6) is 0 Å². The SMILES string of the molecule is Cc1cc(C)cc(-c2[nH]c3ccc(C(C)(C)C(=O)N4CC5CCC4CC5)cc3c2C(C)CNCCC(=O)OC(C)(C)C)c1. The molecule has 1 unspecified atom stereocenters. The summed E-state index contributed by atoms with van der Waals surface area (Å²) < 4.78 is 5.48. The Morgan fingerprint density at radius 3 is 2.28 bits per heavy atom. The average Bonchev–Trinajstić information content (AvgIpc) is 3.33. The summed E-state index contributed by atoms with van der Waals surface area (Å²) in [5.41, 5.74) is 7.04. The molecule has 2 N–H and O–H groups in total. The van der Waals surface area contributed by atoms with Crippen molar-refractivity contribution in [1.82, 2.24) is 15.2 Å². The summed E-state index contributed by atoms with van der Waals surface area (Å²) in [6.45, 7) is 18.6. The third-order valence-electron chi connectivity index (χ3n) is 9.45. The molecular formula is C37H51N3O3.